The number of aromatic nitrogens is 4. The highest BCUT2D eigenvalue weighted by Gasteiger charge is 2.27. The van der Waals surface area contributed by atoms with Crippen molar-refractivity contribution in [1.29, 1.82) is 0 Å². The average Bonchev–Trinajstić information content (AvgIpc) is 3.01. The van der Waals surface area contributed by atoms with E-state index in [4.69, 9.17) is 0 Å². The number of amides is 1. The molecule has 1 aliphatic rings. The molecule has 1 aliphatic heterocycles. The summed E-state index contributed by atoms with van der Waals surface area (Å²) in [6, 6.07) is 3.90. The molecule has 0 saturated carbocycles. The molecule has 6 heteroatoms. The predicted octanol–water partition coefficient (Wildman–Crippen LogP) is 2.25. The second-order valence-electron chi connectivity index (χ2n) is 5.42. The molecule has 1 N–H and O–H groups in total. The van der Waals surface area contributed by atoms with Gasteiger partial charge in [-0.1, -0.05) is 0 Å². The van der Waals surface area contributed by atoms with Crippen LogP contribution in [-0.4, -0.2) is 37.5 Å². The molecular formula is C15H19N5O. The van der Waals surface area contributed by atoms with Gasteiger partial charge in [0.1, 0.15) is 5.82 Å². The highest BCUT2D eigenvalue weighted by atomic mass is 16.2. The van der Waals surface area contributed by atoms with Crippen molar-refractivity contribution in [3.05, 3.63) is 29.8 Å². The molecule has 110 valence electrons. The number of piperidine rings is 1. The first-order valence-corrected chi connectivity index (χ1v) is 7.27. The topological polar surface area (TPSA) is 74.8 Å². The third-order valence-corrected chi connectivity index (χ3v) is 3.88. The van der Waals surface area contributed by atoms with E-state index in [9.17, 15) is 4.79 Å². The zero-order chi connectivity index (χ0) is 14.8. The van der Waals surface area contributed by atoms with Crippen molar-refractivity contribution in [3.8, 4) is 11.4 Å². The van der Waals surface area contributed by atoms with E-state index < -0.39 is 0 Å². The van der Waals surface area contributed by atoms with Crippen LogP contribution in [0, 0.1) is 6.92 Å². The molecule has 0 aromatic carbocycles. The van der Waals surface area contributed by atoms with Crippen LogP contribution in [0.4, 0.5) is 0 Å². The Balaban J connectivity index is 1.99. The monoisotopic (exact) mass is 285 g/mol. The molecule has 3 rings (SSSR count). The van der Waals surface area contributed by atoms with Crippen molar-refractivity contribution >= 4 is 5.91 Å². The predicted molar refractivity (Wildman–Crippen MR) is 78.3 cm³/mol. The largest absolute Gasteiger partial charge is 0.334 e. The zero-order valence-corrected chi connectivity index (χ0v) is 12.3. The van der Waals surface area contributed by atoms with Crippen LogP contribution < -0.4 is 0 Å². The summed E-state index contributed by atoms with van der Waals surface area (Å²) in [5.74, 6) is 0.824. The molecular weight excluding hydrogens is 266 g/mol. The molecule has 0 bridgehead atoms. The van der Waals surface area contributed by atoms with Crippen LogP contribution in [0.25, 0.3) is 11.4 Å². The van der Waals surface area contributed by atoms with Crippen LogP contribution >= 0.6 is 0 Å². The lowest BCUT2D eigenvalue weighted by Crippen LogP contribution is -2.37. The van der Waals surface area contributed by atoms with Crippen LogP contribution in [0.3, 0.4) is 0 Å². The van der Waals surface area contributed by atoms with E-state index in [1.165, 1.54) is 0 Å². The van der Waals surface area contributed by atoms with Gasteiger partial charge in [0, 0.05) is 19.7 Å². The Kier molecular flexibility index (Phi) is 3.68. The van der Waals surface area contributed by atoms with Gasteiger partial charge in [-0.05, 0) is 38.3 Å². The quantitative estimate of drug-likeness (QED) is 0.918. The molecule has 0 unspecified atom stereocenters. The fraction of sp³-hybridized carbons (Fsp3) is 0.467. The lowest BCUT2D eigenvalue weighted by Gasteiger charge is -2.34. The van der Waals surface area contributed by atoms with Gasteiger partial charge in [0.25, 0.3) is 0 Å². The van der Waals surface area contributed by atoms with Crippen LogP contribution in [0.15, 0.2) is 18.3 Å². The first-order valence-electron chi connectivity index (χ1n) is 7.27. The van der Waals surface area contributed by atoms with Crippen molar-refractivity contribution in [1.82, 2.24) is 25.1 Å². The van der Waals surface area contributed by atoms with Crippen LogP contribution in [0.5, 0.6) is 0 Å². The maximum atomic E-state index is 11.8. The number of hydrogen-bond donors (Lipinski definition) is 1. The molecule has 3 heterocycles. The van der Waals surface area contributed by atoms with E-state index in [0.717, 1.165) is 42.9 Å². The number of rotatable bonds is 2. The van der Waals surface area contributed by atoms with E-state index >= 15 is 0 Å². The molecule has 1 saturated heterocycles. The Bertz CT molecular complexity index is 638. The highest BCUT2D eigenvalue weighted by Crippen LogP contribution is 2.31. The van der Waals surface area contributed by atoms with Crippen molar-refractivity contribution in [2.24, 2.45) is 0 Å². The minimum Gasteiger partial charge on any atom is -0.334 e. The minimum atomic E-state index is 0.0552. The summed E-state index contributed by atoms with van der Waals surface area (Å²) in [5.41, 5.74) is 2.61. The van der Waals surface area contributed by atoms with E-state index in [2.05, 4.69) is 20.2 Å². The van der Waals surface area contributed by atoms with Gasteiger partial charge < -0.3 is 4.90 Å². The molecule has 2 aromatic heterocycles. The fourth-order valence-electron chi connectivity index (χ4n) is 2.91. The molecule has 0 spiro atoms. The van der Waals surface area contributed by atoms with Gasteiger partial charge >= 0.3 is 0 Å². The number of hydrogen-bond acceptors (Lipinski definition) is 4. The van der Waals surface area contributed by atoms with Gasteiger partial charge in [0.2, 0.25) is 5.91 Å². The number of likely N-dealkylation sites (tertiary alicyclic amines) is 1. The van der Waals surface area contributed by atoms with Crippen LogP contribution in [0.1, 0.15) is 43.7 Å². The molecule has 0 aliphatic carbocycles. The van der Waals surface area contributed by atoms with E-state index in [0.29, 0.717) is 5.82 Å². The number of nitrogens with one attached hydrogen (secondary N) is 1. The number of aromatic amines is 1. The smallest absolute Gasteiger partial charge is 0.220 e. The van der Waals surface area contributed by atoms with Gasteiger partial charge in [-0.3, -0.25) is 9.89 Å². The van der Waals surface area contributed by atoms with E-state index in [1.54, 1.807) is 13.1 Å². The summed E-state index contributed by atoms with van der Waals surface area (Å²) < 4.78 is 0. The fourth-order valence-corrected chi connectivity index (χ4v) is 2.91. The van der Waals surface area contributed by atoms with Gasteiger partial charge in [-0.25, -0.2) is 9.97 Å². The second kappa shape index (κ2) is 5.63. The Morgan fingerprint density at radius 1 is 1.38 bits per heavy atom. The Morgan fingerprint density at radius 3 is 2.95 bits per heavy atom. The minimum absolute atomic E-state index is 0.0552. The average molecular weight is 285 g/mol. The Labute approximate surface area is 123 Å². The first-order chi connectivity index (χ1) is 10.1. The number of nitrogens with zero attached hydrogens (tertiary/aromatic N) is 4. The number of carbonyl (C=O) groups excluding carboxylic acids is 1. The summed E-state index contributed by atoms with van der Waals surface area (Å²) in [6.07, 6.45) is 4.85. The zero-order valence-electron chi connectivity index (χ0n) is 12.3. The van der Waals surface area contributed by atoms with Gasteiger partial charge in [0.05, 0.1) is 23.1 Å². The van der Waals surface area contributed by atoms with Crippen molar-refractivity contribution in [2.45, 2.75) is 39.2 Å². The first kappa shape index (κ1) is 13.7. The Morgan fingerprint density at radius 2 is 2.24 bits per heavy atom. The van der Waals surface area contributed by atoms with Crippen LogP contribution in [-0.2, 0) is 4.79 Å². The van der Waals surface area contributed by atoms with Gasteiger partial charge in [-0.2, -0.15) is 5.10 Å². The van der Waals surface area contributed by atoms with Gasteiger partial charge in [0.15, 0.2) is 0 Å². The standard InChI is InChI=1S/C15H19N5O/c1-10-17-13(12-6-7-16-19-12)9-14(18-10)15-5-3-4-8-20(15)11(2)21/h6-7,9,15H,3-5,8H2,1-2H3,(H,16,19)/t15-/m0/s1. The SMILES string of the molecule is CC(=O)N1CCCC[C@H]1c1cc(-c2ccn[nH]2)nc(C)n1. The summed E-state index contributed by atoms with van der Waals surface area (Å²) in [7, 11) is 0. The Hall–Kier alpha value is -2.24. The highest BCUT2D eigenvalue weighted by molar-refractivity contribution is 5.74. The maximum Gasteiger partial charge on any atom is 0.220 e. The summed E-state index contributed by atoms with van der Waals surface area (Å²) in [6.45, 7) is 4.31. The third-order valence-electron chi connectivity index (χ3n) is 3.88. The summed E-state index contributed by atoms with van der Waals surface area (Å²) >= 11 is 0. The molecule has 6 nitrogen and oxygen atoms in total. The number of carbonyl (C=O) groups is 1. The molecule has 1 amide bonds. The molecule has 0 radical (unpaired) electrons. The molecule has 1 fully saturated rings. The van der Waals surface area contributed by atoms with Crippen LogP contribution in [0.2, 0.25) is 0 Å². The lowest BCUT2D eigenvalue weighted by molar-refractivity contribution is -0.132. The maximum absolute atomic E-state index is 11.8. The van der Waals surface area contributed by atoms with Crippen molar-refractivity contribution in [3.63, 3.8) is 0 Å². The normalized spacial score (nSPS) is 18.8. The number of aryl methyl sites for hydroxylation is 1. The summed E-state index contributed by atoms with van der Waals surface area (Å²) in [4.78, 5) is 22.8. The van der Waals surface area contributed by atoms with E-state index in [-0.39, 0.29) is 11.9 Å². The molecule has 2 aromatic rings. The van der Waals surface area contributed by atoms with Crippen molar-refractivity contribution in [2.75, 3.05) is 6.54 Å². The van der Waals surface area contributed by atoms with Crippen molar-refractivity contribution < 1.29 is 4.79 Å². The molecule has 21 heavy (non-hydrogen) atoms. The summed E-state index contributed by atoms with van der Waals surface area (Å²) in [5, 5.41) is 6.89. The number of H-pyrrole nitrogens is 1. The van der Waals surface area contributed by atoms with E-state index in [1.807, 2.05) is 24.0 Å². The van der Waals surface area contributed by atoms with Gasteiger partial charge in [-0.15, -0.1) is 0 Å². The molecule has 1 atom stereocenters. The third kappa shape index (κ3) is 2.79. The lowest BCUT2D eigenvalue weighted by atomic mass is 9.98. The second-order valence-corrected chi connectivity index (χ2v) is 5.42.